The molecular formula is C3H4NO3P. The summed E-state index contributed by atoms with van der Waals surface area (Å²) >= 11 is 0. The molecule has 4 nitrogen and oxygen atoms in total. The van der Waals surface area contributed by atoms with E-state index in [2.05, 4.69) is 4.74 Å². The summed E-state index contributed by atoms with van der Waals surface area (Å²) in [4.78, 5) is 10.1. The van der Waals surface area contributed by atoms with Gasteiger partial charge in [-0.15, -0.1) is 0 Å². The van der Waals surface area contributed by atoms with Gasteiger partial charge in [0.2, 0.25) is 13.9 Å². The van der Waals surface area contributed by atoms with Crippen LogP contribution in [0.25, 0.3) is 0 Å². The Morgan fingerprint density at radius 1 is 1.75 bits per heavy atom. The highest BCUT2D eigenvalue weighted by Gasteiger charge is 2.06. The van der Waals surface area contributed by atoms with Gasteiger partial charge < -0.3 is 4.74 Å². The number of hydrogen-bond acceptors (Lipinski definition) is 4. The third-order valence-corrected chi connectivity index (χ3v) is 0.835. The molecule has 0 rings (SSSR count). The van der Waals surface area contributed by atoms with E-state index in [1.54, 1.807) is 0 Å². The topological polar surface area (TPSA) is 67.2 Å². The summed E-state index contributed by atoms with van der Waals surface area (Å²) in [6, 6.07) is 0. The molecule has 0 fully saturated rings. The number of carbonyl (C=O) groups excluding carboxylic acids is 1. The molecule has 0 saturated carbocycles. The quantitative estimate of drug-likeness (QED) is 0.337. The van der Waals surface area contributed by atoms with Gasteiger partial charge in [0, 0.05) is 0 Å². The molecule has 0 aromatic rings. The summed E-state index contributed by atoms with van der Waals surface area (Å²) in [5.74, 6) is -0.860. The molecule has 0 saturated heterocycles. The molecule has 0 radical (unpaired) electrons. The van der Waals surface area contributed by atoms with Crippen molar-refractivity contribution in [2.75, 3.05) is 7.11 Å². The predicted octanol–water partition coefficient (Wildman–Crippen LogP) is 0.428. The van der Waals surface area contributed by atoms with E-state index in [9.17, 15) is 9.36 Å². The van der Waals surface area contributed by atoms with Gasteiger partial charge in [0.15, 0.2) is 0 Å². The van der Waals surface area contributed by atoms with E-state index in [0.717, 1.165) is 7.11 Å². The highest BCUT2D eigenvalue weighted by Crippen LogP contribution is 1.94. The summed E-state index contributed by atoms with van der Waals surface area (Å²) in [7, 11) is 0.524. The van der Waals surface area contributed by atoms with Crippen molar-refractivity contribution in [3.8, 4) is 0 Å². The van der Waals surface area contributed by atoms with Gasteiger partial charge in [-0.1, -0.05) is 0 Å². The van der Waals surface area contributed by atoms with Crippen molar-refractivity contribution in [3.63, 3.8) is 0 Å². The summed E-state index contributed by atoms with van der Waals surface area (Å²) in [5.41, 5.74) is -0.562. The van der Waals surface area contributed by atoms with E-state index >= 15 is 0 Å². The first-order valence-electron chi connectivity index (χ1n) is 1.72. The molecule has 0 atom stereocenters. The Bertz CT molecular complexity index is 132. The SMILES string of the molecule is COC(=O)C(=N)P=O. The van der Waals surface area contributed by atoms with Crippen LogP contribution in [0.15, 0.2) is 0 Å². The Kier molecular flexibility index (Phi) is 2.96. The van der Waals surface area contributed by atoms with Crippen LogP contribution < -0.4 is 0 Å². The average Bonchev–Trinajstić information content (AvgIpc) is 1.84. The Balaban J connectivity index is 3.82. The standard InChI is InChI=1S/C3H4NO3P/c1-7-3(5)2(4)8-6/h4H,1H3. The van der Waals surface area contributed by atoms with Gasteiger partial charge in [-0.3, -0.25) is 9.97 Å². The number of esters is 1. The van der Waals surface area contributed by atoms with Crippen molar-refractivity contribution in [1.29, 1.82) is 5.41 Å². The van der Waals surface area contributed by atoms with Crippen molar-refractivity contribution in [2.45, 2.75) is 0 Å². The molecule has 0 spiro atoms. The molecule has 1 N–H and O–H groups in total. The Hall–Kier alpha value is -0.760. The molecular weight excluding hydrogens is 129 g/mol. The van der Waals surface area contributed by atoms with E-state index in [-0.39, 0.29) is 0 Å². The zero-order valence-corrected chi connectivity index (χ0v) is 5.07. The van der Waals surface area contributed by atoms with Gasteiger partial charge in [0.05, 0.1) is 7.11 Å². The summed E-state index contributed by atoms with van der Waals surface area (Å²) in [6.07, 6.45) is 0. The second-order valence-electron chi connectivity index (χ2n) is 0.931. The average molecular weight is 133 g/mol. The van der Waals surface area contributed by atoms with E-state index in [0.29, 0.717) is 0 Å². The lowest BCUT2D eigenvalue weighted by Gasteiger charge is -1.88. The van der Waals surface area contributed by atoms with Gasteiger partial charge in [0.1, 0.15) is 0 Å². The van der Waals surface area contributed by atoms with Crippen LogP contribution >= 0.6 is 8.46 Å². The molecule has 5 heteroatoms. The Labute approximate surface area is 47.5 Å². The lowest BCUT2D eigenvalue weighted by molar-refractivity contribution is -0.132. The van der Waals surface area contributed by atoms with Crippen molar-refractivity contribution in [2.24, 2.45) is 0 Å². The fourth-order valence-corrected chi connectivity index (χ4v) is 0.300. The monoisotopic (exact) mass is 133 g/mol. The molecule has 0 unspecified atom stereocenters. The van der Waals surface area contributed by atoms with E-state index < -0.39 is 19.9 Å². The molecule has 0 aromatic carbocycles. The molecule has 0 amide bonds. The Morgan fingerprint density at radius 3 is 2.38 bits per heavy atom. The van der Waals surface area contributed by atoms with Crippen LogP contribution in [-0.4, -0.2) is 18.5 Å². The zero-order chi connectivity index (χ0) is 6.57. The molecule has 0 aromatic heterocycles. The fraction of sp³-hybridized carbons (Fsp3) is 0.333. The molecule has 0 aliphatic heterocycles. The van der Waals surface area contributed by atoms with Crippen molar-refractivity contribution in [3.05, 3.63) is 0 Å². The number of methoxy groups -OCH3 is 1. The summed E-state index contributed by atoms with van der Waals surface area (Å²) in [6.45, 7) is 0. The van der Waals surface area contributed by atoms with Crippen molar-refractivity contribution < 1.29 is 14.1 Å². The van der Waals surface area contributed by atoms with E-state index in [1.165, 1.54) is 0 Å². The number of nitrogens with one attached hydrogen (secondary N) is 1. The third-order valence-electron chi connectivity index (χ3n) is 0.470. The fourth-order valence-electron chi connectivity index (χ4n) is 0.134. The number of carbonyl (C=O) groups is 1. The molecule has 44 valence electrons. The second kappa shape index (κ2) is 3.27. The molecule has 0 heterocycles. The van der Waals surface area contributed by atoms with Crippen LogP contribution in [0, 0.1) is 5.41 Å². The van der Waals surface area contributed by atoms with Crippen LogP contribution in [0.1, 0.15) is 0 Å². The van der Waals surface area contributed by atoms with Crippen molar-refractivity contribution in [1.82, 2.24) is 0 Å². The number of ether oxygens (including phenoxy) is 1. The van der Waals surface area contributed by atoms with Gasteiger partial charge in [-0.2, -0.15) is 0 Å². The Morgan fingerprint density at radius 2 is 2.25 bits per heavy atom. The van der Waals surface area contributed by atoms with E-state index in [1.807, 2.05) is 0 Å². The molecule has 8 heavy (non-hydrogen) atoms. The number of hydrogen-bond donors (Lipinski definition) is 1. The second-order valence-corrected chi connectivity index (χ2v) is 1.56. The van der Waals surface area contributed by atoms with Gasteiger partial charge in [-0.25, -0.2) is 4.79 Å². The lowest BCUT2D eigenvalue weighted by Crippen LogP contribution is -2.07. The predicted molar refractivity (Wildman–Crippen MR) is 27.3 cm³/mol. The van der Waals surface area contributed by atoms with E-state index in [4.69, 9.17) is 5.41 Å². The first-order valence-corrected chi connectivity index (χ1v) is 2.54. The van der Waals surface area contributed by atoms with Crippen molar-refractivity contribution >= 4 is 19.9 Å². The van der Waals surface area contributed by atoms with Gasteiger partial charge >= 0.3 is 5.97 Å². The number of rotatable bonds is 2. The van der Waals surface area contributed by atoms with Crippen LogP contribution in [0.3, 0.4) is 0 Å². The minimum Gasteiger partial charge on any atom is -0.464 e. The van der Waals surface area contributed by atoms with Gasteiger partial charge in [0.25, 0.3) is 0 Å². The summed E-state index contributed by atoms with van der Waals surface area (Å²) in [5, 5.41) is 6.54. The largest absolute Gasteiger partial charge is 0.464 e. The minimum absolute atomic E-state index is 0.562. The summed E-state index contributed by atoms with van der Waals surface area (Å²) < 4.78 is 13.7. The highest BCUT2D eigenvalue weighted by molar-refractivity contribution is 7.50. The maximum atomic E-state index is 10.1. The smallest absolute Gasteiger partial charge is 0.364 e. The lowest BCUT2D eigenvalue weighted by atomic mass is 10.7. The van der Waals surface area contributed by atoms with Crippen LogP contribution in [0.2, 0.25) is 0 Å². The molecule has 0 bridgehead atoms. The highest BCUT2D eigenvalue weighted by atomic mass is 31.1. The first-order chi connectivity index (χ1) is 3.72. The maximum absolute atomic E-state index is 10.1. The third kappa shape index (κ3) is 1.80. The normalized spacial score (nSPS) is 8.62. The molecule has 0 aliphatic carbocycles. The first kappa shape index (κ1) is 7.24. The zero-order valence-electron chi connectivity index (χ0n) is 4.17. The van der Waals surface area contributed by atoms with Crippen LogP contribution in [-0.2, 0) is 14.1 Å². The van der Waals surface area contributed by atoms with Gasteiger partial charge in [-0.05, 0) is 0 Å². The maximum Gasteiger partial charge on any atom is 0.364 e. The van der Waals surface area contributed by atoms with Crippen LogP contribution in [0.4, 0.5) is 0 Å². The van der Waals surface area contributed by atoms with Crippen LogP contribution in [0.5, 0.6) is 0 Å². The molecule has 0 aliphatic rings. The minimum atomic E-state index is -0.860.